The van der Waals surface area contributed by atoms with Crippen molar-refractivity contribution in [2.24, 2.45) is 0 Å². The first-order valence-electron chi connectivity index (χ1n) is 8.54. The molecular weight excluding hydrogens is 394 g/mol. The predicted molar refractivity (Wildman–Crippen MR) is 111 cm³/mol. The molecule has 3 aromatic rings. The number of carbonyl (C=O) groups excluding carboxylic acids is 1. The fourth-order valence-electron chi connectivity index (χ4n) is 2.77. The Kier molecular flexibility index (Phi) is 6.04. The number of amides is 1. The van der Waals surface area contributed by atoms with E-state index in [1.807, 2.05) is 30.3 Å². The van der Waals surface area contributed by atoms with Crippen molar-refractivity contribution in [2.45, 2.75) is 0 Å². The average Bonchev–Trinajstić information content (AvgIpc) is 3.15. The average molecular weight is 413 g/mol. The normalized spacial score (nSPS) is 10.3. The molecule has 0 fully saturated rings. The summed E-state index contributed by atoms with van der Waals surface area (Å²) in [6.07, 6.45) is -1.44. The van der Waals surface area contributed by atoms with Crippen molar-refractivity contribution in [3.05, 3.63) is 60.2 Å². The fourth-order valence-corrected chi connectivity index (χ4v) is 3.81. The van der Waals surface area contributed by atoms with Crippen LogP contribution in [0.5, 0.6) is 16.6 Å². The monoisotopic (exact) mass is 413 g/mol. The molecule has 2 aromatic carbocycles. The highest BCUT2D eigenvalue weighted by Crippen LogP contribution is 2.43. The molecule has 1 heterocycles. The molecule has 1 aromatic heterocycles. The summed E-state index contributed by atoms with van der Waals surface area (Å²) in [6.45, 7) is 0. The van der Waals surface area contributed by atoms with Crippen LogP contribution in [0.3, 0.4) is 0 Å². The number of nitrogens with zero attached hydrogens (tertiary/aromatic N) is 1. The highest BCUT2D eigenvalue weighted by Gasteiger charge is 2.23. The lowest BCUT2D eigenvalue weighted by atomic mass is 10.1. The van der Waals surface area contributed by atoms with Gasteiger partial charge in [0.15, 0.2) is 11.5 Å². The Balaban J connectivity index is 1.99. The molecule has 0 radical (unpaired) electrons. The first-order chi connectivity index (χ1) is 13.9. The standard InChI is InChI=1S/C21H19NO6S/c1-22(19(23)14-9-10-16(26-2)17(11-14)27-3)15-12-18(13-7-5-4-6-8-13)29-20(15)28-21(24)25/h4-12H,1-3H3,(H,24,25). The Hall–Kier alpha value is -3.52. The van der Waals surface area contributed by atoms with Gasteiger partial charge in [-0.3, -0.25) is 4.79 Å². The Morgan fingerprint density at radius 2 is 1.66 bits per heavy atom. The van der Waals surface area contributed by atoms with E-state index in [2.05, 4.69) is 0 Å². The number of ether oxygens (including phenoxy) is 3. The molecule has 1 amide bonds. The van der Waals surface area contributed by atoms with Gasteiger partial charge in [0.05, 0.1) is 19.9 Å². The third-order valence-corrected chi connectivity index (χ3v) is 5.27. The molecule has 1 N–H and O–H groups in total. The summed E-state index contributed by atoms with van der Waals surface area (Å²) in [5, 5.41) is 9.20. The van der Waals surface area contributed by atoms with Gasteiger partial charge < -0.3 is 24.2 Å². The molecule has 0 aliphatic heterocycles. The van der Waals surface area contributed by atoms with Crippen LogP contribution >= 0.6 is 11.3 Å². The van der Waals surface area contributed by atoms with Gasteiger partial charge >= 0.3 is 6.16 Å². The van der Waals surface area contributed by atoms with E-state index < -0.39 is 6.16 Å². The van der Waals surface area contributed by atoms with Gasteiger partial charge in [-0.2, -0.15) is 0 Å². The minimum absolute atomic E-state index is 0.118. The Bertz CT molecular complexity index is 1030. The highest BCUT2D eigenvalue weighted by molar-refractivity contribution is 7.18. The van der Waals surface area contributed by atoms with Crippen LogP contribution in [0.4, 0.5) is 10.5 Å². The molecule has 29 heavy (non-hydrogen) atoms. The molecule has 0 saturated carbocycles. The smallest absolute Gasteiger partial charge is 0.493 e. The molecule has 0 spiro atoms. The molecule has 3 rings (SSSR count). The minimum Gasteiger partial charge on any atom is -0.493 e. The first-order valence-corrected chi connectivity index (χ1v) is 9.36. The van der Waals surface area contributed by atoms with Crippen molar-refractivity contribution >= 4 is 29.1 Å². The van der Waals surface area contributed by atoms with Crippen molar-refractivity contribution in [1.29, 1.82) is 0 Å². The summed E-state index contributed by atoms with van der Waals surface area (Å²) in [6, 6.07) is 16.0. The van der Waals surface area contributed by atoms with Crippen molar-refractivity contribution < 1.29 is 28.9 Å². The van der Waals surface area contributed by atoms with Crippen LogP contribution in [0.15, 0.2) is 54.6 Å². The molecular formula is C21H19NO6S. The topological polar surface area (TPSA) is 85.3 Å². The molecule has 150 valence electrons. The van der Waals surface area contributed by atoms with Gasteiger partial charge in [-0.05, 0) is 29.8 Å². The number of carbonyl (C=O) groups is 2. The summed E-state index contributed by atoms with van der Waals surface area (Å²) >= 11 is 1.15. The van der Waals surface area contributed by atoms with E-state index in [9.17, 15) is 9.59 Å². The zero-order valence-electron chi connectivity index (χ0n) is 16.0. The van der Waals surface area contributed by atoms with E-state index in [0.29, 0.717) is 22.7 Å². The zero-order chi connectivity index (χ0) is 21.0. The molecule has 0 aliphatic rings. The molecule has 0 atom stereocenters. The van der Waals surface area contributed by atoms with E-state index in [4.69, 9.17) is 19.3 Å². The van der Waals surface area contributed by atoms with Crippen LogP contribution in [0.2, 0.25) is 0 Å². The maximum Gasteiger partial charge on any atom is 0.512 e. The number of benzene rings is 2. The largest absolute Gasteiger partial charge is 0.512 e. The minimum atomic E-state index is -1.44. The van der Waals surface area contributed by atoms with Gasteiger partial charge in [0.2, 0.25) is 5.06 Å². The number of rotatable bonds is 6. The summed E-state index contributed by atoms with van der Waals surface area (Å²) in [7, 11) is 4.56. The van der Waals surface area contributed by atoms with Gasteiger partial charge in [0.25, 0.3) is 5.91 Å². The summed E-state index contributed by atoms with van der Waals surface area (Å²) < 4.78 is 15.4. The van der Waals surface area contributed by atoms with E-state index in [1.165, 1.54) is 19.1 Å². The van der Waals surface area contributed by atoms with E-state index in [1.54, 1.807) is 31.3 Å². The van der Waals surface area contributed by atoms with Crippen LogP contribution in [-0.2, 0) is 0 Å². The molecule has 0 aliphatic carbocycles. The quantitative estimate of drug-likeness (QED) is 0.586. The molecule has 8 heteroatoms. The lowest BCUT2D eigenvalue weighted by molar-refractivity contribution is 0.0990. The fraction of sp³-hybridized carbons (Fsp3) is 0.143. The second-order valence-corrected chi connectivity index (χ2v) is 6.97. The van der Waals surface area contributed by atoms with Crippen molar-refractivity contribution in [3.63, 3.8) is 0 Å². The zero-order valence-corrected chi connectivity index (χ0v) is 16.9. The Labute approximate surface area is 171 Å². The second-order valence-electron chi connectivity index (χ2n) is 5.95. The number of hydrogen-bond acceptors (Lipinski definition) is 6. The van der Waals surface area contributed by atoms with E-state index >= 15 is 0 Å². The maximum atomic E-state index is 13.0. The van der Waals surface area contributed by atoms with Crippen molar-refractivity contribution in [3.8, 4) is 27.0 Å². The Morgan fingerprint density at radius 3 is 2.28 bits per heavy atom. The van der Waals surface area contributed by atoms with Crippen LogP contribution in [0.1, 0.15) is 10.4 Å². The highest BCUT2D eigenvalue weighted by atomic mass is 32.1. The maximum absolute atomic E-state index is 13.0. The number of thiophene rings is 1. The summed E-state index contributed by atoms with van der Waals surface area (Å²) in [4.78, 5) is 26.3. The first kappa shape index (κ1) is 20.2. The van der Waals surface area contributed by atoms with Crippen LogP contribution < -0.4 is 19.1 Å². The van der Waals surface area contributed by atoms with Gasteiger partial charge in [-0.25, -0.2) is 4.79 Å². The summed E-state index contributed by atoms with van der Waals surface area (Å²) in [5.74, 6) is 0.575. The number of anilines is 1. The van der Waals surface area contributed by atoms with E-state index in [0.717, 1.165) is 21.8 Å². The van der Waals surface area contributed by atoms with Crippen LogP contribution in [-0.4, -0.2) is 38.4 Å². The van der Waals surface area contributed by atoms with Crippen LogP contribution in [0.25, 0.3) is 10.4 Å². The predicted octanol–water partition coefficient (Wildman–Crippen LogP) is 4.77. The van der Waals surface area contributed by atoms with Gasteiger partial charge in [0.1, 0.15) is 0 Å². The van der Waals surface area contributed by atoms with Gasteiger partial charge in [-0.15, -0.1) is 0 Å². The lowest BCUT2D eigenvalue weighted by Crippen LogP contribution is -2.26. The number of hydrogen-bond donors (Lipinski definition) is 1. The third-order valence-electron chi connectivity index (χ3n) is 4.21. The summed E-state index contributed by atoms with van der Waals surface area (Å²) in [5.41, 5.74) is 1.61. The molecule has 0 unspecified atom stereocenters. The second kappa shape index (κ2) is 8.66. The lowest BCUT2D eigenvalue weighted by Gasteiger charge is -2.18. The van der Waals surface area contributed by atoms with Crippen molar-refractivity contribution in [1.82, 2.24) is 0 Å². The molecule has 0 saturated heterocycles. The number of methoxy groups -OCH3 is 2. The molecule has 7 nitrogen and oxygen atoms in total. The van der Waals surface area contributed by atoms with Crippen molar-refractivity contribution in [2.75, 3.05) is 26.2 Å². The molecule has 0 bridgehead atoms. The van der Waals surface area contributed by atoms with Gasteiger partial charge in [-0.1, -0.05) is 41.7 Å². The number of carboxylic acid groups (broad SMARTS) is 1. The van der Waals surface area contributed by atoms with E-state index in [-0.39, 0.29) is 11.0 Å². The third kappa shape index (κ3) is 4.33. The Morgan fingerprint density at radius 1 is 0.966 bits per heavy atom. The van der Waals surface area contributed by atoms with Gasteiger partial charge in [0, 0.05) is 17.5 Å². The van der Waals surface area contributed by atoms with Crippen LogP contribution in [0, 0.1) is 0 Å². The SMILES string of the molecule is COc1ccc(C(=O)N(C)c2cc(-c3ccccc3)sc2OC(=O)O)cc1OC.